The maximum absolute atomic E-state index is 11.0. The van der Waals surface area contributed by atoms with Crippen molar-refractivity contribution in [2.45, 2.75) is 25.3 Å². The van der Waals surface area contributed by atoms with Crippen molar-refractivity contribution in [2.75, 3.05) is 13.1 Å². The first-order valence-corrected chi connectivity index (χ1v) is 4.40. The maximum Gasteiger partial charge on any atom is 0.234 e. The van der Waals surface area contributed by atoms with E-state index in [0.717, 1.165) is 32.4 Å². The summed E-state index contributed by atoms with van der Waals surface area (Å²) in [4.78, 5) is 13.1. The summed E-state index contributed by atoms with van der Waals surface area (Å²) in [6.45, 7) is 5.40. The van der Waals surface area contributed by atoms with Crippen molar-refractivity contribution in [3.8, 4) is 0 Å². The van der Waals surface area contributed by atoms with Gasteiger partial charge in [-0.05, 0) is 19.4 Å². The van der Waals surface area contributed by atoms with Gasteiger partial charge < -0.3 is 5.73 Å². The molecule has 1 unspecified atom stereocenters. The number of hydrogen-bond donors (Lipinski definition) is 1. The quantitative estimate of drug-likeness (QED) is 0.624. The molecule has 2 N–H and O–H groups in total. The number of carbonyl (C=O) groups excluding carboxylic acids is 1. The van der Waals surface area contributed by atoms with Crippen LogP contribution in [-0.4, -0.2) is 29.9 Å². The van der Waals surface area contributed by atoms with E-state index in [1.807, 2.05) is 6.08 Å². The van der Waals surface area contributed by atoms with Gasteiger partial charge in [0.2, 0.25) is 5.91 Å². The highest BCUT2D eigenvalue weighted by Gasteiger charge is 2.25. The number of carbonyl (C=O) groups is 1. The van der Waals surface area contributed by atoms with Crippen LogP contribution >= 0.6 is 0 Å². The summed E-state index contributed by atoms with van der Waals surface area (Å²) in [7, 11) is 0. The predicted molar refractivity (Wildman–Crippen MR) is 48.6 cm³/mol. The van der Waals surface area contributed by atoms with E-state index in [1.54, 1.807) is 0 Å². The van der Waals surface area contributed by atoms with Crippen LogP contribution in [0, 0.1) is 0 Å². The predicted octanol–water partition coefficient (Wildman–Crippen LogP) is 0.512. The Morgan fingerprint density at radius 2 is 2.42 bits per heavy atom. The largest absolute Gasteiger partial charge is 0.368 e. The van der Waals surface area contributed by atoms with Gasteiger partial charge in [-0.1, -0.05) is 12.5 Å². The zero-order valence-corrected chi connectivity index (χ0v) is 7.33. The number of piperidine rings is 1. The minimum Gasteiger partial charge on any atom is -0.368 e. The molecule has 1 aliphatic heterocycles. The fourth-order valence-electron chi connectivity index (χ4n) is 1.70. The smallest absolute Gasteiger partial charge is 0.234 e. The second-order valence-electron chi connectivity index (χ2n) is 3.20. The Bertz CT molecular complexity index is 179. The molecule has 0 aromatic rings. The van der Waals surface area contributed by atoms with Crippen LogP contribution < -0.4 is 5.73 Å². The molecule has 3 heteroatoms. The molecular formula is C9H16N2O. The van der Waals surface area contributed by atoms with Crippen molar-refractivity contribution in [1.82, 2.24) is 4.90 Å². The molecular weight excluding hydrogens is 152 g/mol. The summed E-state index contributed by atoms with van der Waals surface area (Å²) in [6.07, 6.45) is 5.00. The topological polar surface area (TPSA) is 46.3 Å². The van der Waals surface area contributed by atoms with Gasteiger partial charge in [0.25, 0.3) is 0 Å². The van der Waals surface area contributed by atoms with Crippen LogP contribution in [0.2, 0.25) is 0 Å². The molecule has 1 heterocycles. The fourth-order valence-corrected chi connectivity index (χ4v) is 1.70. The Hall–Kier alpha value is -0.830. The minimum absolute atomic E-state index is 0.0586. The molecule has 0 aromatic heterocycles. The second-order valence-corrected chi connectivity index (χ2v) is 3.20. The molecule has 0 aromatic carbocycles. The highest BCUT2D eigenvalue weighted by molar-refractivity contribution is 5.79. The third kappa shape index (κ3) is 2.08. The lowest BCUT2D eigenvalue weighted by Crippen LogP contribution is -2.47. The summed E-state index contributed by atoms with van der Waals surface area (Å²) in [5.41, 5.74) is 5.27. The lowest BCUT2D eigenvalue weighted by atomic mass is 10.0. The molecule has 1 fully saturated rings. The molecule has 0 bridgehead atoms. The third-order valence-electron chi connectivity index (χ3n) is 2.31. The van der Waals surface area contributed by atoms with Crippen molar-refractivity contribution in [1.29, 1.82) is 0 Å². The Labute approximate surface area is 73.2 Å². The third-order valence-corrected chi connectivity index (χ3v) is 2.31. The van der Waals surface area contributed by atoms with Gasteiger partial charge in [0, 0.05) is 6.54 Å². The number of nitrogens with two attached hydrogens (primary N) is 1. The van der Waals surface area contributed by atoms with Crippen molar-refractivity contribution in [3.63, 3.8) is 0 Å². The van der Waals surface area contributed by atoms with E-state index < -0.39 is 0 Å². The van der Waals surface area contributed by atoms with E-state index >= 15 is 0 Å². The molecule has 0 spiro atoms. The van der Waals surface area contributed by atoms with E-state index in [-0.39, 0.29) is 11.9 Å². The molecule has 0 radical (unpaired) electrons. The number of primary amides is 1. The normalized spacial score (nSPS) is 25.2. The SMILES string of the molecule is C=CCN1CCCCC1C(N)=O. The van der Waals surface area contributed by atoms with Crippen LogP contribution in [0.5, 0.6) is 0 Å². The van der Waals surface area contributed by atoms with Crippen LogP contribution in [-0.2, 0) is 4.79 Å². The minimum atomic E-state index is -0.198. The van der Waals surface area contributed by atoms with Crippen LogP contribution in [0.25, 0.3) is 0 Å². The number of rotatable bonds is 3. The van der Waals surface area contributed by atoms with Crippen molar-refractivity contribution < 1.29 is 4.79 Å². The van der Waals surface area contributed by atoms with Gasteiger partial charge in [0.15, 0.2) is 0 Å². The molecule has 1 amide bonds. The van der Waals surface area contributed by atoms with Gasteiger partial charge in [-0.15, -0.1) is 6.58 Å². The maximum atomic E-state index is 11.0. The van der Waals surface area contributed by atoms with E-state index in [9.17, 15) is 4.79 Å². The molecule has 0 saturated carbocycles. The zero-order chi connectivity index (χ0) is 8.97. The molecule has 1 rings (SSSR count). The number of amides is 1. The lowest BCUT2D eigenvalue weighted by Gasteiger charge is -2.32. The lowest BCUT2D eigenvalue weighted by molar-refractivity contribution is -0.124. The molecule has 3 nitrogen and oxygen atoms in total. The van der Waals surface area contributed by atoms with Gasteiger partial charge in [-0.25, -0.2) is 0 Å². The average Bonchev–Trinajstić information content (AvgIpc) is 2.05. The van der Waals surface area contributed by atoms with E-state index in [2.05, 4.69) is 11.5 Å². The molecule has 1 saturated heterocycles. The number of hydrogen-bond acceptors (Lipinski definition) is 2. The molecule has 1 aliphatic rings. The fraction of sp³-hybridized carbons (Fsp3) is 0.667. The highest BCUT2D eigenvalue weighted by atomic mass is 16.1. The monoisotopic (exact) mass is 168 g/mol. The van der Waals surface area contributed by atoms with Crippen LogP contribution in [0.15, 0.2) is 12.7 Å². The molecule has 68 valence electrons. The molecule has 12 heavy (non-hydrogen) atoms. The Balaban J connectivity index is 2.53. The zero-order valence-electron chi connectivity index (χ0n) is 7.33. The highest BCUT2D eigenvalue weighted by Crippen LogP contribution is 2.15. The van der Waals surface area contributed by atoms with Crippen LogP contribution in [0.3, 0.4) is 0 Å². The van der Waals surface area contributed by atoms with Crippen molar-refractivity contribution >= 4 is 5.91 Å². The second kappa shape index (κ2) is 4.26. The Morgan fingerprint density at radius 1 is 1.67 bits per heavy atom. The Kier molecular flexibility index (Phi) is 3.29. The first-order chi connectivity index (χ1) is 5.75. The van der Waals surface area contributed by atoms with Gasteiger partial charge in [-0.2, -0.15) is 0 Å². The van der Waals surface area contributed by atoms with Crippen LogP contribution in [0.4, 0.5) is 0 Å². The standard InChI is InChI=1S/C9H16N2O/c1-2-6-11-7-4-3-5-8(11)9(10)12/h2,8H,1,3-7H2,(H2,10,12). The average molecular weight is 168 g/mol. The number of likely N-dealkylation sites (tertiary alicyclic amines) is 1. The number of nitrogens with zero attached hydrogens (tertiary/aromatic N) is 1. The molecule has 0 aliphatic carbocycles. The summed E-state index contributed by atoms with van der Waals surface area (Å²) in [5.74, 6) is -0.198. The van der Waals surface area contributed by atoms with Gasteiger partial charge >= 0.3 is 0 Å². The van der Waals surface area contributed by atoms with Crippen molar-refractivity contribution in [3.05, 3.63) is 12.7 Å². The van der Waals surface area contributed by atoms with Gasteiger partial charge in [0.1, 0.15) is 0 Å². The van der Waals surface area contributed by atoms with Crippen molar-refractivity contribution in [2.24, 2.45) is 5.73 Å². The van der Waals surface area contributed by atoms with Gasteiger partial charge in [0.05, 0.1) is 6.04 Å². The summed E-state index contributed by atoms with van der Waals surface area (Å²) >= 11 is 0. The van der Waals surface area contributed by atoms with E-state index in [4.69, 9.17) is 5.73 Å². The molecule has 1 atom stereocenters. The summed E-state index contributed by atoms with van der Waals surface area (Å²) in [6, 6.07) is -0.0586. The first kappa shape index (κ1) is 9.26. The summed E-state index contributed by atoms with van der Waals surface area (Å²) in [5, 5.41) is 0. The van der Waals surface area contributed by atoms with Gasteiger partial charge in [-0.3, -0.25) is 9.69 Å². The first-order valence-electron chi connectivity index (χ1n) is 4.40. The Morgan fingerprint density at radius 3 is 3.00 bits per heavy atom. The van der Waals surface area contributed by atoms with E-state index in [0.29, 0.717) is 0 Å². The van der Waals surface area contributed by atoms with E-state index in [1.165, 1.54) is 0 Å². The summed E-state index contributed by atoms with van der Waals surface area (Å²) < 4.78 is 0. The van der Waals surface area contributed by atoms with Crippen LogP contribution in [0.1, 0.15) is 19.3 Å².